The number of nitrogens with one attached hydrogen (secondary N) is 1. The molecule has 2 aromatic rings. The first-order chi connectivity index (χ1) is 12.6. The van der Waals surface area contributed by atoms with Gasteiger partial charge >= 0.3 is 15.5 Å². The number of halogens is 3. The highest BCUT2D eigenvalue weighted by Crippen LogP contribution is 2.35. The first-order valence-electron chi connectivity index (χ1n) is 7.77. The van der Waals surface area contributed by atoms with Crippen molar-refractivity contribution < 1.29 is 21.6 Å². The Labute approximate surface area is 158 Å². The summed E-state index contributed by atoms with van der Waals surface area (Å²) >= 11 is 0.959. The molecule has 0 aliphatic rings. The van der Waals surface area contributed by atoms with Crippen LogP contribution in [0.3, 0.4) is 0 Å². The zero-order valence-corrected chi connectivity index (χ0v) is 16.3. The molecule has 0 radical (unpaired) electrons. The monoisotopic (exact) mass is 422 g/mol. The predicted octanol–water partition coefficient (Wildman–Crippen LogP) is 4.37. The van der Waals surface area contributed by atoms with Gasteiger partial charge in [0.1, 0.15) is 11.5 Å². The molecule has 1 heterocycles. The van der Waals surface area contributed by atoms with Gasteiger partial charge in [0.25, 0.3) is 0 Å². The van der Waals surface area contributed by atoms with Crippen molar-refractivity contribution in [1.82, 2.24) is 9.36 Å². The zero-order chi connectivity index (χ0) is 20.2. The van der Waals surface area contributed by atoms with Gasteiger partial charge < -0.3 is 4.90 Å². The molecule has 0 bridgehead atoms. The number of hydrogen-bond donors (Lipinski definition) is 1. The van der Waals surface area contributed by atoms with Crippen molar-refractivity contribution in [2.45, 2.75) is 26.3 Å². The molecule has 1 aromatic carbocycles. The van der Waals surface area contributed by atoms with Crippen LogP contribution in [0.25, 0.3) is 0 Å². The molecule has 0 aliphatic heterocycles. The van der Waals surface area contributed by atoms with E-state index in [9.17, 15) is 21.6 Å². The number of alkyl halides is 3. The molecule has 8 nitrogen and oxygen atoms in total. The summed E-state index contributed by atoms with van der Waals surface area (Å²) in [6, 6.07) is 4.30. The quantitative estimate of drug-likeness (QED) is 0.668. The van der Waals surface area contributed by atoms with E-state index < -0.39 is 15.5 Å². The molecule has 0 spiro atoms. The Kier molecular flexibility index (Phi) is 6.36. The summed E-state index contributed by atoms with van der Waals surface area (Å²) in [5.41, 5.74) is -5.32. The fraction of sp³-hybridized carbons (Fsp3) is 0.429. The van der Waals surface area contributed by atoms with Crippen LogP contribution in [0.2, 0.25) is 0 Å². The summed E-state index contributed by atoms with van der Waals surface area (Å²) in [6.07, 6.45) is 0. The van der Waals surface area contributed by atoms with Gasteiger partial charge in [-0.25, -0.2) is 4.98 Å². The minimum atomic E-state index is -5.60. The van der Waals surface area contributed by atoms with E-state index >= 15 is 0 Å². The molecule has 148 valence electrons. The lowest BCUT2D eigenvalue weighted by molar-refractivity contribution is -0.0429. The highest BCUT2D eigenvalue weighted by molar-refractivity contribution is 7.93. The number of aryl methyl sites for hydroxylation is 1. The number of sulfonamides is 1. The van der Waals surface area contributed by atoms with Crippen molar-refractivity contribution in [3.05, 3.63) is 24.0 Å². The molecule has 2 rings (SSSR count). The second kappa shape index (κ2) is 8.17. The third-order valence-corrected chi connectivity index (χ3v) is 5.21. The standard InChI is InChI=1S/C14H17F3N6O2S2/c1-4-23(5-2)10-6-7-11(19-20-13-18-9(3)21-26-13)12(8-10)22-27(24,25)14(15,16)17/h6-8,22H,4-5H2,1-3H3/b20-19+. The fourth-order valence-corrected chi connectivity index (χ4v) is 3.18. The lowest BCUT2D eigenvalue weighted by Gasteiger charge is -2.22. The molecule has 13 heteroatoms. The van der Waals surface area contributed by atoms with Crippen molar-refractivity contribution in [1.29, 1.82) is 0 Å². The van der Waals surface area contributed by atoms with Crippen LogP contribution in [-0.2, 0) is 10.0 Å². The third-order valence-electron chi connectivity index (χ3n) is 3.42. The van der Waals surface area contributed by atoms with E-state index in [2.05, 4.69) is 19.6 Å². The van der Waals surface area contributed by atoms with Crippen LogP contribution in [-0.4, -0.2) is 36.4 Å². The Bertz CT molecular complexity index is 923. The molecule has 0 saturated heterocycles. The Hall–Kier alpha value is -2.28. The molecule has 1 aromatic heterocycles. The number of azo groups is 1. The maximum atomic E-state index is 12.8. The minimum Gasteiger partial charge on any atom is -0.372 e. The molecule has 0 saturated carbocycles. The number of nitrogens with zero attached hydrogens (tertiary/aromatic N) is 5. The topological polar surface area (TPSA) is 99.9 Å². The smallest absolute Gasteiger partial charge is 0.372 e. The van der Waals surface area contributed by atoms with Gasteiger partial charge in [0.15, 0.2) is 0 Å². The molecular formula is C14H17F3N6O2S2. The summed E-state index contributed by atoms with van der Waals surface area (Å²) in [4.78, 5) is 5.81. The number of hydrogen-bond acceptors (Lipinski definition) is 8. The minimum absolute atomic E-state index is 0.0772. The van der Waals surface area contributed by atoms with Gasteiger partial charge in [-0.05, 0) is 39.0 Å². The SMILES string of the molecule is CCN(CC)c1ccc(/N=N/c2nc(C)ns2)c(NS(=O)(=O)C(F)(F)F)c1. The van der Waals surface area contributed by atoms with Gasteiger partial charge in [0.05, 0.1) is 5.69 Å². The summed E-state index contributed by atoms with van der Waals surface area (Å²) in [5.74, 6) is 0.476. The van der Waals surface area contributed by atoms with Crippen molar-refractivity contribution in [3.8, 4) is 0 Å². The van der Waals surface area contributed by atoms with E-state index in [1.54, 1.807) is 17.7 Å². The van der Waals surface area contributed by atoms with Crippen LogP contribution in [0, 0.1) is 6.92 Å². The van der Waals surface area contributed by atoms with Gasteiger partial charge in [-0.15, -0.1) is 10.2 Å². The second-order valence-electron chi connectivity index (χ2n) is 5.25. The molecule has 0 unspecified atom stereocenters. The summed E-state index contributed by atoms with van der Waals surface area (Å²) in [5, 5.41) is 7.83. The van der Waals surface area contributed by atoms with Crippen LogP contribution in [0.15, 0.2) is 28.4 Å². The Morgan fingerprint density at radius 1 is 1.22 bits per heavy atom. The van der Waals surface area contributed by atoms with Gasteiger partial charge in [-0.3, -0.25) is 4.72 Å². The first-order valence-corrected chi connectivity index (χ1v) is 10.0. The molecule has 0 atom stereocenters. The zero-order valence-electron chi connectivity index (χ0n) is 14.6. The first kappa shape index (κ1) is 21.0. The van der Waals surface area contributed by atoms with Crippen molar-refractivity contribution in [2.24, 2.45) is 10.2 Å². The molecule has 1 N–H and O–H groups in total. The van der Waals surface area contributed by atoms with E-state index in [0.717, 1.165) is 11.5 Å². The van der Waals surface area contributed by atoms with Crippen LogP contribution < -0.4 is 9.62 Å². The van der Waals surface area contributed by atoms with Crippen molar-refractivity contribution in [2.75, 3.05) is 22.7 Å². The fourth-order valence-electron chi connectivity index (χ4n) is 2.10. The predicted molar refractivity (Wildman–Crippen MR) is 97.4 cm³/mol. The molecule has 0 fully saturated rings. The van der Waals surface area contributed by atoms with Crippen molar-refractivity contribution >= 4 is 43.7 Å². The van der Waals surface area contributed by atoms with Gasteiger partial charge in [0.2, 0.25) is 5.13 Å². The second-order valence-corrected chi connectivity index (χ2v) is 7.65. The van der Waals surface area contributed by atoms with E-state index in [4.69, 9.17) is 0 Å². The maximum absolute atomic E-state index is 12.8. The number of aromatic nitrogens is 2. The lowest BCUT2D eigenvalue weighted by Crippen LogP contribution is -2.30. The van der Waals surface area contributed by atoms with Crippen LogP contribution >= 0.6 is 11.5 Å². The molecule has 0 amide bonds. The van der Waals surface area contributed by atoms with Crippen LogP contribution in [0.5, 0.6) is 0 Å². The van der Waals surface area contributed by atoms with Crippen LogP contribution in [0.4, 0.5) is 35.4 Å². The van der Waals surface area contributed by atoms with Gasteiger partial charge in [-0.2, -0.15) is 26.0 Å². The highest BCUT2D eigenvalue weighted by atomic mass is 32.2. The average Bonchev–Trinajstić information content (AvgIpc) is 2.99. The summed E-state index contributed by atoms with van der Waals surface area (Å²) in [6.45, 7) is 6.57. The van der Waals surface area contributed by atoms with Crippen molar-refractivity contribution in [3.63, 3.8) is 0 Å². The number of rotatable bonds is 7. The van der Waals surface area contributed by atoms with Gasteiger partial charge in [-0.1, -0.05) is 0 Å². The number of benzene rings is 1. The normalized spacial score (nSPS) is 12.5. The lowest BCUT2D eigenvalue weighted by atomic mass is 10.2. The van der Waals surface area contributed by atoms with Crippen LogP contribution in [0.1, 0.15) is 19.7 Å². The largest absolute Gasteiger partial charge is 0.516 e. The Morgan fingerprint density at radius 2 is 1.89 bits per heavy atom. The summed E-state index contributed by atoms with van der Waals surface area (Å²) in [7, 11) is -5.60. The van der Waals surface area contributed by atoms with E-state index in [0.29, 0.717) is 24.6 Å². The van der Waals surface area contributed by atoms with E-state index in [1.807, 2.05) is 18.7 Å². The third kappa shape index (κ3) is 5.13. The van der Waals surface area contributed by atoms with E-state index in [1.165, 1.54) is 12.1 Å². The number of anilines is 2. The van der Waals surface area contributed by atoms with E-state index in [-0.39, 0.29) is 16.5 Å². The maximum Gasteiger partial charge on any atom is 0.516 e. The molecule has 27 heavy (non-hydrogen) atoms. The highest BCUT2D eigenvalue weighted by Gasteiger charge is 2.46. The Balaban J connectivity index is 2.47. The summed E-state index contributed by atoms with van der Waals surface area (Å²) < 4.78 is 66.8. The van der Waals surface area contributed by atoms with Gasteiger partial charge in [0, 0.05) is 30.3 Å². The Morgan fingerprint density at radius 3 is 2.41 bits per heavy atom. The average molecular weight is 422 g/mol. The molecule has 0 aliphatic carbocycles. The molecular weight excluding hydrogens is 405 g/mol.